The van der Waals surface area contributed by atoms with E-state index in [-0.39, 0.29) is 18.3 Å². The number of hydrogen-bond donors (Lipinski definition) is 6. The average molecular weight is 544 g/mol. The molecule has 8 N–H and O–H groups in total. The molecule has 11 heteroatoms. The minimum atomic E-state index is -1.13. The third-order valence-electron chi connectivity index (χ3n) is 6.82. The minimum Gasteiger partial charge on any atom is -0.480 e. The van der Waals surface area contributed by atoms with Gasteiger partial charge in [-0.1, -0.05) is 30.3 Å². The van der Waals surface area contributed by atoms with Crippen LogP contribution in [0.4, 0.5) is 11.8 Å². The highest BCUT2D eigenvalue weighted by Gasteiger charge is 2.21. The van der Waals surface area contributed by atoms with E-state index in [1.165, 1.54) is 0 Å². The Kier molecular flexibility index (Phi) is 8.63. The maximum Gasteiger partial charge on any atom is 0.326 e. The first-order valence-corrected chi connectivity index (χ1v) is 13.0. The van der Waals surface area contributed by atoms with Crippen LogP contribution in [0.2, 0.25) is 0 Å². The Morgan fingerprint density at radius 2 is 1.68 bits per heavy atom. The molecule has 0 spiro atoms. The van der Waals surface area contributed by atoms with E-state index < -0.39 is 17.9 Å². The Morgan fingerprint density at radius 1 is 0.975 bits per heavy atom. The highest BCUT2D eigenvalue weighted by atomic mass is 16.4. The zero-order valence-electron chi connectivity index (χ0n) is 22.5. The molecule has 0 fully saturated rings. The molecule has 0 unspecified atom stereocenters. The Hall–Kier alpha value is -4.93. The van der Waals surface area contributed by atoms with E-state index in [0.717, 1.165) is 27.6 Å². The van der Waals surface area contributed by atoms with E-state index in [9.17, 15) is 19.5 Å². The van der Waals surface area contributed by atoms with Crippen LogP contribution in [-0.4, -0.2) is 50.4 Å². The number of H-pyrrole nitrogens is 1. The van der Waals surface area contributed by atoms with Crippen LogP contribution in [0.5, 0.6) is 0 Å². The summed E-state index contributed by atoms with van der Waals surface area (Å²) in [7, 11) is 0. The van der Waals surface area contributed by atoms with Crippen molar-refractivity contribution in [2.75, 3.05) is 18.0 Å². The summed E-state index contributed by atoms with van der Waals surface area (Å²) in [6, 6.07) is 11.6. The molecule has 0 radical (unpaired) electrons. The molecule has 0 saturated carbocycles. The van der Waals surface area contributed by atoms with Crippen LogP contribution < -0.4 is 22.1 Å². The lowest BCUT2D eigenvalue weighted by Crippen LogP contribution is -2.41. The number of anilines is 2. The number of aryl methyl sites for hydroxylation is 4. The number of aromatic amines is 1. The number of aliphatic carboxylic acids is 1. The Labute approximate surface area is 231 Å². The standard InChI is InChI=1S/C29H33N7O4/c1-16-5-3-6-17(2)22(16)27(38)32-14-4-7-21(28(39)40)34-26(37)19-11-8-18(9-12-19)10-13-20-15-33-25-23(20)24(30)35-29(31)36-25/h3,5-6,8-9,11-12,15,21H,4,7,10,13-14H2,1-2H3,(H,32,38)(H,34,37)(H,39,40)(H5,30,31,33,35,36)/t21-/m0/s1. The van der Waals surface area contributed by atoms with E-state index in [4.69, 9.17) is 11.5 Å². The van der Waals surface area contributed by atoms with Gasteiger partial charge in [0, 0.05) is 23.9 Å². The van der Waals surface area contributed by atoms with Crippen LogP contribution >= 0.6 is 0 Å². The van der Waals surface area contributed by atoms with Crippen molar-refractivity contribution in [3.8, 4) is 0 Å². The third-order valence-corrected chi connectivity index (χ3v) is 6.82. The first-order chi connectivity index (χ1) is 19.1. The number of carbonyl (C=O) groups is 3. The van der Waals surface area contributed by atoms with Gasteiger partial charge in [-0.3, -0.25) is 9.59 Å². The molecule has 0 saturated heterocycles. The summed E-state index contributed by atoms with van der Waals surface area (Å²) in [5, 5.41) is 15.8. The number of nitrogens with zero attached hydrogens (tertiary/aromatic N) is 2. The second-order valence-corrected chi connectivity index (χ2v) is 9.73. The van der Waals surface area contributed by atoms with Crippen LogP contribution in [0.1, 0.15) is 55.8 Å². The predicted molar refractivity (Wildman–Crippen MR) is 153 cm³/mol. The fourth-order valence-electron chi connectivity index (χ4n) is 4.71. The number of fused-ring (bicyclic) bond motifs is 1. The van der Waals surface area contributed by atoms with Crippen molar-refractivity contribution in [1.82, 2.24) is 25.6 Å². The number of nitrogens with two attached hydrogens (primary N) is 2. The number of carboxylic acids is 1. The van der Waals surface area contributed by atoms with E-state index in [1.54, 1.807) is 12.1 Å². The zero-order valence-corrected chi connectivity index (χ0v) is 22.5. The van der Waals surface area contributed by atoms with Crippen molar-refractivity contribution in [1.29, 1.82) is 0 Å². The van der Waals surface area contributed by atoms with Crippen LogP contribution in [0.25, 0.3) is 11.0 Å². The first kappa shape index (κ1) is 28.1. The molecule has 2 amide bonds. The monoisotopic (exact) mass is 543 g/mol. The van der Waals surface area contributed by atoms with Gasteiger partial charge in [0.05, 0.1) is 5.39 Å². The van der Waals surface area contributed by atoms with E-state index in [0.29, 0.717) is 48.4 Å². The SMILES string of the molecule is Cc1cccc(C)c1C(=O)NCCC[C@H](NC(=O)c1ccc(CCc2c[nH]c3nc(N)nc(N)c23)cc1)C(=O)O. The van der Waals surface area contributed by atoms with Gasteiger partial charge in [0.1, 0.15) is 17.5 Å². The molecule has 2 aromatic carbocycles. The van der Waals surface area contributed by atoms with Gasteiger partial charge in [-0.15, -0.1) is 0 Å². The van der Waals surface area contributed by atoms with Gasteiger partial charge in [-0.25, -0.2) is 4.79 Å². The molecule has 0 aliphatic heterocycles. The number of carboxylic acid groups (broad SMARTS) is 1. The van der Waals surface area contributed by atoms with Gasteiger partial charge in [-0.05, 0) is 73.9 Å². The summed E-state index contributed by atoms with van der Waals surface area (Å²) in [6.07, 6.45) is 3.75. The van der Waals surface area contributed by atoms with Crippen LogP contribution in [0, 0.1) is 13.8 Å². The molecule has 40 heavy (non-hydrogen) atoms. The van der Waals surface area contributed by atoms with Gasteiger partial charge in [0.15, 0.2) is 0 Å². The normalized spacial score (nSPS) is 11.8. The molecule has 2 heterocycles. The molecule has 0 aliphatic rings. The highest BCUT2D eigenvalue weighted by molar-refractivity contribution is 5.97. The number of rotatable bonds is 11. The highest BCUT2D eigenvalue weighted by Crippen LogP contribution is 2.24. The lowest BCUT2D eigenvalue weighted by Gasteiger charge is -2.15. The van der Waals surface area contributed by atoms with Gasteiger partial charge < -0.3 is 32.2 Å². The molecule has 0 bridgehead atoms. The van der Waals surface area contributed by atoms with Gasteiger partial charge in [-0.2, -0.15) is 9.97 Å². The van der Waals surface area contributed by atoms with Crippen molar-refractivity contribution >= 4 is 40.6 Å². The second-order valence-electron chi connectivity index (χ2n) is 9.73. The van der Waals surface area contributed by atoms with E-state index in [1.807, 2.05) is 50.4 Å². The first-order valence-electron chi connectivity index (χ1n) is 13.0. The lowest BCUT2D eigenvalue weighted by molar-refractivity contribution is -0.139. The lowest BCUT2D eigenvalue weighted by atomic mass is 10.0. The summed E-state index contributed by atoms with van der Waals surface area (Å²) >= 11 is 0. The molecule has 4 rings (SSSR count). The number of carbonyl (C=O) groups excluding carboxylic acids is 2. The zero-order chi connectivity index (χ0) is 28.8. The smallest absolute Gasteiger partial charge is 0.326 e. The maximum absolute atomic E-state index is 12.7. The van der Waals surface area contributed by atoms with Crippen LogP contribution in [0.15, 0.2) is 48.7 Å². The number of benzene rings is 2. The van der Waals surface area contributed by atoms with Crippen LogP contribution in [-0.2, 0) is 17.6 Å². The van der Waals surface area contributed by atoms with Crippen molar-refractivity contribution < 1.29 is 19.5 Å². The van der Waals surface area contributed by atoms with Crippen molar-refractivity contribution in [3.05, 3.63) is 82.0 Å². The topological polar surface area (TPSA) is 189 Å². The van der Waals surface area contributed by atoms with Crippen molar-refractivity contribution in [2.45, 2.75) is 45.6 Å². The molecule has 208 valence electrons. The van der Waals surface area contributed by atoms with Gasteiger partial charge >= 0.3 is 5.97 Å². The molecule has 4 aromatic rings. The van der Waals surface area contributed by atoms with Gasteiger partial charge in [0.25, 0.3) is 11.8 Å². The number of aromatic nitrogens is 3. The van der Waals surface area contributed by atoms with Crippen LogP contribution in [0.3, 0.4) is 0 Å². The number of nitrogens with one attached hydrogen (secondary N) is 3. The van der Waals surface area contributed by atoms with Crippen molar-refractivity contribution in [2.24, 2.45) is 0 Å². The number of nitrogen functional groups attached to an aromatic ring is 2. The summed E-state index contributed by atoms with van der Waals surface area (Å²) in [4.78, 5) is 48.3. The number of amides is 2. The number of hydrogen-bond acceptors (Lipinski definition) is 7. The summed E-state index contributed by atoms with van der Waals surface area (Å²) in [5.41, 5.74) is 16.9. The second kappa shape index (κ2) is 12.3. The Bertz CT molecular complexity index is 1530. The van der Waals surface area contributed by atoms with Gasteiger partial charge in [0.2, 0.25) is 5.95 Å². The summed E-state index contributed by atoms with van der Waals surface area (Å²) in [5.74, 6) is -1.37. The molecular formula is C29H33N7O4. The maximum atomic E-state index is 12.7. The quantitative estimate of drug-likeness (QED) is 0.156. The molecule has 11 nitrogen and oxygen atoms in total. The average Bonchev–Trinajstić information content (AvgIpc) is 3.32. The Morgan fingerprint density at radius 3 is 2.35 bits per heavy atom. The van der Waals surface area contributed by atoms with E-state index in [2.05, 4.69) is 25.6 Å². The summed E-state index contributed by atoms with van der Waals surface area (Å²) < 4.78 is 0. The van der Waals surface area contributed by atoms with E-state index >= 15 is 0 Å². The predicted octanol–water partition coefficient (Wildman–Crippen LogP) is 2.92. The largest absolute Gasteiger partial charge is 0.480 e. The summed E-state index contributed by atoms with van der Waals surface area (Å²) in [6.45, 7) is 4.04. The third kappa shape index (κ3) is 6.55. The Balaban J connectivity index is 1.28. The minimum absolute atomic E-state index is 0.109. The molecule has 1 atom stereocenters. The fourth-order valence-corrected chi connectivity index (χ4v) is 4.71. The molecular weight excluding hydrogens is 510 g/mol. The molecule has 2 aromatic heterocycles. The molecule has 0 aliphatic carbocycles. The fraction of sp³-hybridized carbons (Fsp3) is 0.276. The van der Waals surface area contributed by atoms with Crippen molar-refractivity contribution in [3.63, 3.8) is 0 Å².